The van der Waals surface area contributed by atoms with Gasteiger partial charge in [0.2, 0.25) is 0 Å². The van der Waals surface area contributed by atoms with E-state index in [1.807, 2.05) is 6.92 Å². The van der Waals surface area contributed by atoms with Crippen molar-refractivity contribution in [2.75, 3.05) is 0 Å². The Kier molecular flexibility index (Phi) is 5.02. The van der Waals surface area contributed by atoms with E-state index in [0.717, 1.165) is 12.1 Å². The van der Waals surface area contributed by atoms with Crippen molar-refractivity contribution in [3.05, 3.63) is 35.4 Å². The topological polar surface area (TPSA) is 46.2 Å². The van der Waals surface area contributed by atoms with Crippen LogP contribution in [0.3, 0.4) is 0 Å². The molecule has 0 aliphatic heterocycles. The van der Waals surface area contributed by atoms with Gasteiger partial charge in [-0.2, -0.15) is 0 Å². The smallest absolute Gasteiger partial charge is 0.126 e. The molecule has 0 heterocycles. The summed E-state index contributed by atoms with van der Waals surface area (Å²) in [5.41, 5.74) is 5.98. The van der Waals surface area contributed by atoms with Crippen LogP contribution in [0.25, 0.3) is 0 Å². The number of hydrogen-bond donors (Lipinski definition) is 2. The molecule has 2 nitrogen and oxygen atoms in total. The lowest BCUT2D eigenvalue weighted by molar-refractivity contribution is 0.126. The van der Waals surface area contributed by atoms with Gasteiger partial charge in [-0.25, -0.2) is 8.78 Å². The van der Waals surface area contributed by atoms with Crippen LogP contribution in [0.2, 0.25) is 0 Å². The molecule has 0 radical (unpaired) electrons. The van der Waals surface area contributed by atoms with Crippen LogP contribution in [-0.2, 0) is 0 Å². The minimum absolute atomic E-state index is 0.265. The highest BCUT2D eigenvalue weighted by Gasteiger charge is 2.19. The number of halogens is 2. The first-order valence-corrected chi connectivity index (χ1v) is 5.84. The number of aliphatic hydroxyl groups excluding tert-OH is 1. The Morgan fingerprint density at radius 3 is 2.59 bits per heavy atom. The van der Waals surface area contributed by atoms with Gasteiger partial charge in [0.05, 0.1) is 6.10 Å². The van der Waals surface area contributed by atoms with Gasteiger partial charge >= 0.3 is 0 Å². The number of nitrogens with two attached hydrogens (primary N) is 1. The van der Waals surface area contributed by atoms with E-state index < -0.39 is 17.7 Å². The molecule has 96 valence electrons. The van der Waals surface area contributed by atoms with Crippen molar-refractivity contribution in [3.8, 4) is 0 Å². The maximum absolute atomic E-state index is 13.5. The van der Waals surface area contributed by atoms with E-state index in [4.69, 9.17) is 5.73 Å². The highest BCUT2D eigenvalue weighted by molar-refractivity contribution is 5.22. The largest absolute Gasteiger partial charge is 0.391 e. The minimum atomic E-state index is -0.697. The summed E-state index contributed by atoms with van der Waals surface area (Å²) in [6.45, 7) is 3.63. The second-order valence-electron chi connectivity index (χ2n) is 4.44. The summed E-state index contributed by atoms with van der Waals surface area (Å²) in [5, 5.41) is 9.77. The first-order valence-electron chi connectivity index (χ1n) is 5.84. The third-order valence-electron chi connectivity index (χ3n) is 3.05. The van der Waals surface area contributed by atoms with Gasteiger partial charge in [0.1, 0.15) is 11.6 Å². The number of rotatable bonds is 5. The van der Waals surface area contributed by atoms with Crippen molar-refractivity contribution in [2.45, 2.75) is 44.8 Å². The quantitative estimate of drug-likeness (QED) is 0.834. The summed E-state index contributed by atoms with van der Waals surface area (Å²) >= 11 is 0. The van der Waals surface area contributed by atoms with Crippen LogP contribution >= 0.6 is 0 Å². The van der Waals surface area contributed by atoms with Crippen molar-refractivity contribution in [1.82, 2.24) is 0 Å². The second-order valence-corrected chi connectivity index (χ2v) is 4.44. The lowest BCUT2D eigenvalue weighted by Gasteiger charge is -2.21. The van der Waals surface area contributed by atoms with Crippen LogP contribution < -0.4 is 5.73 Å². The van der Waals surface area contributed by atoms with Crippen molar-refractivity contribution >= 4 is 0 Å². The van der Waals surface area contributed by atoms with Gasteiger partial charge in [-0.05, 0) is 42.5 Å². The summed E-state index contributed by atoms with van der Waals surface area (Å²) in [7, 11) is 0. The van der Waals surface area contributed by atoms with E-state index in [9.17, 15) is 13.9 Å². The van der Waals surface area contributed by atoms with Crippen molar-refractivity contribution in [1.29, 1.82) is 0 Å². The molecule has 1 aromatic carbocycles. The fourth-order valence-corrected chi connectivity index (χ4v) is 1.83. The summed E-state index contributed by atoms with van der Waals surface area (Å²) in [4.78, 5) is 0. The van der Waals surface area contributed by atoms with E-state index in [-0.39, 0.29) is 17.5 Å². The maximum Gasteiger partial charge on any atom is 0.126 e. The Hall–Kier alpha value is -1.00. The zero-order valence-corrected chi connectivity index (χ0v) is 10.2. The second kappa shape index (κ2) is 6.07. The third kappa shape index (κ3) is 3.75. The molecule has 3 unspecified atom stereocenters. The highest BCUT2D eigenvalue weighted by atomic mass is 19.1. The first kappa shape index (κ1) is 14.1. The highest BCUT2D eigenvalue weighted by Crippen LogP contribution is 2.25. The first-order chi connectivity index (χ1) is 7.95. The van der Waals surface area contributed by atoms with Crippen LogP contribution in [0, 0.1) is 11.6 Å². The maximum atomic E-state index is 13.5. The van der Waals surface area contributed by atoms with Gasteiger partial charge in [0.15, 0.2) is 0 Å². The molecule has 3 atom stereocenters. The summed E-state index contributed by atoms with van der Waals surface area (Å²) in [6.07, 6.45) is 0.284. The van der Waals surface area contributed by atoms with Gasteiger partial charge in [-0.1, -0.05) is 13.8 Å². The molecule has 0 amide bonds. The van der Waals surface area contributed by atoms with Gasteiger partial charge in [0, 0.05) is 6.04 Å². The molecule has 1 rings (SSSR count). The Balaban J connectivity index is 2.75. The van der Waals surface area contributed by atoms with Crippen LogP contribution in [0.4, 0.5) is 8.78 Å². The molecule has 0 aliphatic carbocycles. The average Bonchev–Trinajstić information content (AvgIpc) is 2.30. The van der Waals surface area contributed by atoms with Crippen molar-refractivity contribution in [2.24, 2.45) is 5.73 Å². The molecule has 0 aliphatic rings. The van der Waals surface area contributed by atoms with E-state index in [0.29, 0.717) is 12.8 Å². The molecule has 4 heteroatoms. The molecule has 0 saturated heterocycles. The van der Waals surface area contributed by atoms with Gasteiger partial charge in [-0.3, -0.25) is 0 Å². The van der Waals surface area contributed by atoms with Crippen molar-refractivity contribution in [3.63, 3.8) is 0 Å². The average molecular weight is 243 g/mol. The summed E-state index contributed by atoms with van der Waals surface area (Å²) in [6, 6.07) is 3.03. The van der Waals surface area contributed by atoms with Crippen molar-refractivity contribution < 1.29 is 13.9 Å². The predicted octanol–water partition coefficient (Wildman–Crippen LogP) is 2.56. The molecule has 0 saturated carbocycles. The van der Waals surface area contributed by atoms with E-state index >= 15 is 0 Å². The van der Waals surface area contributed by atoms with E-state index in [1.54, 1.807) is 6.92 Å². The standard InChI is InChI=1S/C13H19F2NO/c1-3-12(16)13(17)6-8(2)10-7-9(14)4-5-11(10)15/h4-5,7-8,12-13,17H,3,6,16H2,1-2H3. The lowest BCUT2D eigenvalue weighted by Crippen LogP contribution is -2.34. The molecule has 0 bridgehead atoms. The number of benzene rings is 1. The van der Waals surface area contributed by atoms with E-state index in [1.165, 1.54) is 6.07 Å². The third-order valence-corrected chi connectivity index (χ3v) is 3.05. The zero-order valence-electron chi connectivity index (χ0n) is 10.2. The van der Waals surface area contributed by atoms with Gasteiger partial charge in [0.25, 0.3) is 0 Å². The number of hydrogen-bond acceptors (Lipinski definition) is 2. The van der Waals surface area contributed by atoms with E-state index in [2.05, 4.69) is 0 Å². The zero-order chi connectivity index (χ0) is 13.0. The Morgan fingerprint density at radius 1 is 1.35 bits per heavy atom. The monoisotopic (exact) mass is 243 g/mol. The fraction of sp³-hybridized carbons (Fsp3) is 0.538. The normalized spacial score (nSPS) is 16.6. The van der Waals surface area contributed by atoms with Crippen LogP contribution in [0.5, 0.6) is 0 Å². The molecule has 0 aromatic heterocycles. The molecule has 0 spiro atoms. The van der Waals surface area contributed by atoms with Crippen LogP contribution in [0.1, 0.15) is 38.2 Å². The molecule has 3 N–H and O–H groups in total. The fourth-order valence-electron chi connectivity index (χ4n) is 1.83. The minimum Gasteiger partial charge on any atom is -0.391 e. The molecule has 17 heavy (non-hydrogen) atoms. The predicted molar refractivity (Wildman–Crippen MR) is 63.7 cm³/mol. The van der Waals surface area contributed by atoms with Crippen LogP contribution in [0.15, 0.2) is 18.2 Å². The molecule has 0 fully saturated rings. The number of aliphatic hydroxyl groups is 1. The Labute approximate surface area is 100 Å². The lowest BCUT2D eigenvalue weighted by atomic mass is 9.91. The molecular weight excluding hydrogens is 224 g/mol. The Morgan fingerprint density at radius 2 is 2.00 bits per heavy atom. The molecular formula is C13H19F2NO. The molecule has 1 aromatic rings. The summed E-state index contributed by atoms with van der Waals surface area (Å²) < 4.78 is 26.5. The Bertz CT molecular complexity index is 370. The van der Waals surface area contributed by atoms with Crippen LogP contribution in [-0.4, -0.2) is 17.3 Å². The summed E-state index contributed by atoms with van der Waals surface area (Å²) in [5.74, 6) is -1.18. The van der Waals surface area contributed by atoms with Gasteiger partial charge < -0.3 is 10.8 Å². The van der Waals surface area contributed by atoms with Gasteiger partial charge in [-0.15, -0.1) is 0 Å². The SMILES string of the molecule is CCC(N)C(O)CC(C)c1cc(F)ccc1F.